The van der Waals surface area contributed by atoms with Crippen molar-refractivity contribution in [2.75, 3.05) is 13.2 Å². The van der Waals surface area contributed by atoms with Crippen LogP contribution >= 0.6 is 11.3 Å². The molecule has 3 heterocycles. The van der Waals surface area contributed by atoms with Crippen LogP contribution in [0, 0.1) is 0 Å². The number of hydrogen-bond donors (Lipinski definition) is 1. The fourth-order valence-electron chi connectivity index (χ4n) is 4.56. The van der Waals surface area contributed by atoms with Crippen molar-refractivity contribution < 1.29 is 19.1 Å². The second-order valence-electron chi connectivity index (χ2n) is 8.36. The smallest absolute Gasteiger partial charge is 0.262 e. The van der Waals surface area contributed by atoms with Gasteiger partial charge < -0.3 is 15.0 Å². The molecule has 33 heavy (non-hydrogen) atoms. The van der Waals surface area contributed by atoms with Gasteiger partial charge in [-0.15, -0.1) is 11.3 Å². The normalized spacial score (nSPS) is 20.5. The van der Waals surface area contributed by atoms with Gasteiger partial charge in [-0.25, -0.2) is 0 Å². The van der Waals surface area contributed by atoms with Gasteiger partial charge in [0, 0.05) is 13.0 Å². The van der Waals surface area contributed by atoms with E-state index in [1.54, 1.807) is 4.90 Å². The summed E-state index contributed by atoms with van der Waals surface area (Å²) in [5.41, 5.74) is 2.94. The quantitative estimate of drug-likeness (QED) is 0.612. The molecule has 0 spiro atoms. The zero-order valence-electron chi connectivity index (χ0n) is 18.0. The van der Waals surface area contributed by atoms with E-state index in [1.807, 2.05) is 72.1 Å². The van der Waals surface area contributed by atoms with Crippen LogP contribution in [-0.2, 0) is 20.7 Å². The molecule has 2 fully saturated rings. The Morgan fingerprint density at radius 2 is 1.79 bits per heavy atom. The van der Waals surface area contributed by atoms with Gasteiger partial charge in [-0.3, -0.25) is 14.4 Å². The lowest BCUT2D eigenvalue weighted by Gasteiger charge is -2.27. The van der Waals surface area contributed by atoms with Gasteiger partial charge in [-0.2, -0.15) is 0 Å². The molecule has 1 aromatic heterocycles. The van der Waals surface area contributed by atoms with Gasteiger partial charge in [0.25, 0.3) is 5.91 Å². The molecule has 2 aromatic carbocycles. The summed E-state index contributed by atoms with van der Waals surface area (Å²) in [5.74, 6) is -0.596. The minimum atomic E-state index is -0.769. The highest BCUT2D eigenvalue weighted by atomic mass is 32.1. The topological polar surface area (TPSA) is 75.7 Å². The van der Waals surface area contributed by atoms with E-state index in [9.17, 15) is 14.4 Å². The van der Waals surface area contributed by atoms with Crippen molar-refractivity contribution in [1.82, 2.24) is 10.2 Å². The number of ether oxygens (including phenoxy) is 1. The number of hydrogen-bond acceptors (Lipinski definition) is 5. The van der Waals surface area contributed by atoms with Crippen molar-refractivity contribution >= 4 is 28.9 Å². The van der Waals surface area contributed by atoms with Crippen LogP contribution in [0.4, 0.5) is 0 Å². The summed E-state index contributed by atoms with van der Waals surface area (Å²) in [5, 5.41) is 4.89. The fraction of sp³-hybridized carbons (Fsp3) is 0.269. The van der Waals surface area contributed by atoms with E-state index in [-0.39, 0.29) is 30.3 Å². The number of likely N-dealkylation sites (tertiary alicyclic amines) is 1. The minimum Gasteiger partial charge on any atom is -0.368 e. The zero-order valence-corrected chi connectivity index (χ0v) is 18.8. The van der Waals surface area contributed by atoms with E-state index < -0.39 is 12.1 Å². The van der Waals surface area contributed by atoms with E-state index in [0.29, 0.717) is 24.3 Å². The van der Waals surface area contributed by atoms with Crippen molar-refractivity contribution in [2.24, 2.45) is 0 Å². The Hall–Kier alpha value is -3.29. The van der Waals surface area contributed by atoms with Gasteiger partial charge in [-0.1, -0.05) is 60.7 Å². The SMILES string of the molecule is O=C(NC(Cc1ccccc1)C(=O)N1CCC2OCC(=O)C21)c1cc(-c2ccccc2)cs1. The third-order valence-corrected chi connectivity index (χ3v) is 7.14. The maximum Gasteiger partial charge on any atom is 0.262 e. The van der Waals surface area contributed by atoms with Crippen molar-refractivity contribution in [3.05, 3.63) is 82.6 Å². The lowest BCUT2D eigenvalue weighted by atomic mass is 10.0. The first-order chi connectivity index (χ1) is 16.1. The first-order valence-corrected chi connectivity index (χ1v) is 11.9. The van der Waals surface area contributed by atoms with Crippen molar-refractivity contribution in [1.29, 1.82) is 0 Å². The monoisotopic (exact) mass is 460 g/mol. The number of Topliss-reactive ketones (excluding diaryl/α,β-unsaturated/α-hetero) is 1. The molecular weight excluding hydrogens is 436 g/mol. The maximum absolute atomic E-state index is 13.5. The molecule has 3 atom stereocenters. The summed E-state index contributed by atoms with van der Waals surface area (Å²) in [7, 11) is 0. The molecule has 0 radical (unpaired) electrons. The van der Waals surface area contributed by atoms with Gasteiger partial charge in [-0.05, 0) is 34.6 Å². The number of thiophene rings is 1. The molecule has 2 aliphatic heterocycles. The van der Waals surface area contributed by atoms with Gasteiger partial charge in [0.15, 0.2) is 5.78 Å². The minimum absolute atomic E-state index is 0.0479. The maximum atomic E-state index is 13.5. The average molecular weight is 461 g/mol. The van der Waals surface area contributed by atoms with Crippen LogP contribution in [0.25, 0.3) is 11.1 Å². The number of benzene rings is 2. The van der Waals surface area contributed by atoms with Gasteiger partial charge in [0.05, 0.1) is 11.0 Å². The van der Waals surface area contributed by atoms with Crippen LogP contribution < -0.4 is 5.32 Å². The van der Waals surface area contributed by atoms with E-state index in [1.165, 1.54) is 11.3 Å². The first kappa shape index (κ1) is 21.6. The molecule has 7 heteroatoms. The Labute approximate surface area is 196 Å². The molecule has 5 rings (SSSR count). The lowest BCUT2D eigenvalue weighted by Crippen LogP contribution is -2.53. The van der Waals surface area contributed by atoms with Gasteiger partial charge >= 0.3 is 0 Å². The molecule has 0 bridgehead atoms. The third kappa shape index (κ3) is 4.47. The molecule has 2 amide bonds. The van der Waals surface area contributed by atoms with Crippen LogP contribution in [0.5, 0.6) is 0 Å². The summed E-state index contributed by atoms with van der Waals surface area (Å²) >= 11 is 1.35. The predicted octanol–water partition coefficient (Wildman–Crippen LogP) is 3.33. The molecule has 2 aliphatic rings. The highest BCUT2D eigenvalue weighted by Gasteiger charge is 2.48. The first-order valence-electron chi connectivity index (χ1n) is 11.0. The molecule has 3 unspecified atom stereocenters. The molecule has 0 saturated carbocycles. The van der Waals surface area contributed by atoms with Crippen LogP contribution in [0.3, 0.4) is 0 Å². The molecule has 168 valence electrons. The Kier molecular flexibility index (Phi) is 6.07. The Balaban J connectivity index is 1.37. The standard InChI is InChI=1S/C26H24N2O4S/c29-21-15-32-22-11-12-28(24(21)22)26(31)20(13-17-7-3-1-4-8-17)27-25(30)23-14-19(16-33-23)18-9-5-2-6-10-18/h1-10,14,16,20,22,24H,11-13,15H2,(H,27,30). The van der Waals surface area contributed by atoms with Crippen LogP contribution in [0.15, 0.2) is 72.1 Å². The Bertz CT molecular complexity index is 1160. The molecule has 0 aliphatic carbocycles. The molecule has 6 nitrogen and oxygen atoms in total. The van der Waals surface area contributed by atoms with Crippen LogP contribution in [0.1, 0.15) is 21.7 Å². The summed E-state index contributed by atoms with van der Waals surface area (Å²) in [4.78, 5) is 41.1. The number of nitrogens with zero attached hydrogens (tertiary/aromatic N) is 1. The Morgan fingerprint density at radius 1 is 1.06 bits per heavy atom. The molecule has 2 saturated heterocycles. The lowest BCUT2D eigenvalue weighted by molar-refractivity contribution is -0.138. The summed E-state index contributed by atoms with van der Waals surface area (Å²) in [6.07, 6.45) is 0.755. The average Bonchev–Trinajstić information content (AvgIpc) is 3.58. The largest absolute Gasteiger partial charge is 0.368 e. The molecular formula is C26H24N2O4S. The van der Waals surface area contributed by atoms with E-state index in [2.05, 4.69) is 5.32 Å². The number of amides is 2. The van der Waals surface area contributed by atoms with Crippen LogP contribution in [0.2, 0.25) is 0 Å². The zero-order chi connectivity index (χ0) is 22.8. The van der Waals surface area contributed by atoms with Gasteiger partial charge in [0.2, 0.25) is 5.91 Å². The highest BCUT2D eigenvalue weighted by Crippen LogP contribution is 2.29. The summed E-state index contributed by atoms with van der Waals surface area (Å²) in [6, 6.07) is 20.0. The number of carbonyl (C=O) groups excluding carboxylic acids is 3. The van der Waals surface area contributed by atoms with E-state index in [4.69, 9.17) is 4.74 Å². The highest BCUT2D eigenvalue weighted by molar-refractivity contribution is 7.12. The second-order valence-corrected chi connectivity index (χ2v) is 9.27. The van der Waals surface area contributed by atoms with Crippen molar-refractivity contribution in [3.8, 4) is 11.1 Å². The Morgan fingerprint density at radius 3 is 2.55 bits per heavy atom. The third-order valence-electron chi connectivity index (χ3n) is 6.21. The molecule has 1 N–H and O–H groups in total. The van der Waals surface area contributed by atoms with E-state index >= 15 is 0 Å². The number of nitrogens with one attached hydrogen (secondary N) is 1. The molecule has 3 aromatic rings. The van der Waals surface area contributed by atoms with Crippen LogP contribution in [-0.4, -0.2) is 53.8 Å². The van der Waals surface area contributed by atoms with Crippen molar-refractivity contribution in [2.45, 2.75) is 31.0 Å². The number of ketones is 1. The van der Waals surface area contributed by atoms with Crippen molar-refractivity contribution in [3.63, 3.8) is 0 Å². The summed E-state index contributed by atoms with van der Waals surface area (Å²) < 4.78 is 5.53. The summed E-state index contributed by atoms with van der Waals surface area (Å²) in [6.45, 7) is 0.504. The number of rotatable bonds is 6. The fourth-order valence-corrected chi connectivity index (χ4v) is 5.38. The number of carbonyl (C=O) groups is 3. The predicted molar refractivity (Wildman–Crippen MR) is 126 cm³/mol. The van der Waals surface area contributed by atoms with E-state index in [0.717, 1.165) is 16.7 Å². The second kappa shape index (κ2) is 9.29. The van der Waals surface area contributed by atoms with Gasteiger partial charge in [0.1, 0.15) is 18.7 Å². The number of fused-ring (bicyclic) bond motifs is 1.